The number of rotatable bonds is 5. The molecule has 9 nitrogen and oxygen atoms in total. The van der Waals surface area contributed by atoms with Crippen LogP contribution in [0.2, 0.25) is 0 Å². The third kappa shape index (κ3) is 4.55. The lowest BCUT2D eigenvalue weighted by Crippen LogP contribution is -2.41. The number of carbonyl (C=O) groups is 2. The van der Waals surface area contributed by atoms with Crippen molar-refractivity contribution in [2.24, 2.45) is 0 Å². The molecule has 9 heteroatoms. The molecule has 2 rings (SSSR count). The number of nitriles is 1. The average Bonchev–Trinajstić information content (AvgIpc) is 3.12. The number of furan rings is 1. The van der Waals surface area contributed by atoms with Crippen LogP contribution in [0.1, 0.15) is 19.1 Å². The number of nitro benzene ring substituents is 1. The van der Waals surface area contributed by atoms with Gasteiger partial charge in [-0.15, -0.1) is 0 Å². The van der Waals surface area contributed by atoms with Crippen molar-refractivity contribution in [3.8, 4) is 17.4 Å². The molecule has 2 aromatic rings. The van der Waals surface area contributed by atoms with Gasteiger partial charge in [0.1, 0.15) is 23.2 Å². The molecule has 0 bridgehead atoms. The lowest BCUT2D eigenvalue weighted by atomic mass is 10.1. The molecule has 2 amide bonds. The van der Waals surface area contributed by atoms with Crippen molar-refractivity contribution in [2.45, 2.75) is 13.3 Å². The highest BCUT2D eigenvalue weighted by atomic mass is 16.6. The quantitative estimate of drug-likeness (QED) is 0.366. The summed E-state index contributed by atoms with van der Waals surface area (Å²) in [6, 6.07) is 10.7. The summed E-state index contributed by atoms with van der Waals surface area (Å²) in [5, 5.41) is 19.9. The molecule has 0 unspecified atom stereocenters. The predicted molar refractivity (Wildman–Crippen MR) is 91.0 cm³/mol. The first kappa shape index (κ1) is 18.4. The third-order valence-corrected chi connectivity index (χ3v) is 3.26. The van der Waals surface area contributed by atoms with Crippen molar-refractivity contribution >= 4 is 23.6 Å². The van der Waals surface area contributed by atoms with E-state index in [1.54, 1.807) is 25.1 Å². The number of benzene rings is 1. The Kier molecular flexibility index (Phi) is 5.84. The number of non-ortho nitro benzene ring substituents is 1. The van der Waals surface area contributed by atoms with Gasteiger partial charge in [-0.2, -0.15) is 5.26 Å². The van der Waals surface area contributed by atoms with Crippen LogP contribution in [0.25, 0.3) is 17.4 Å². The van der Waals surface area contributed by atoms with E-state index in [2.05, 4.69) is 10.9 Å². The Balaban J connectivity index is 2.20. The van der Waals surface area contributed by atoms with Gasteiger partial charge in [-0.3, -0.25) is 30.6 Å². The van der Waals surface area contributed by atoms with Crippen molar-refractivity contribution < 1.29 is 18.9 Å². The fraction of sp³-hybridized carbons (Fsp3) is 0.118. The summed E-state index contributed by atoms with van der Waals surface area (Å²) in [5.74, 6) is -0.638. The summed E-state index contributed by atoms with van der Waals surface area (Å²) in [6.45, 7) is 1.61. The maximum atomic E-state index is 11.9. The van der Waals surface area contributed by atoms with E-state index in [9.17, 15) is 19.7 Å². The Hall–Kier alpha value is -3.93. The molecule has 2 N–H and O–H groups in total. The van der Waals surface area contributed by atoms with Crippen molar-refractivity contribution in [2.75, 3.05) is 0 Å². The molecular formula is C17H14N4O5. The number of hydrogen-bond donors (Lipinski definition) is 2. The number of amides is 2. The van der Waals surface area contributed by atoms with Crippen molar-refractivity contribution in [3.05, 3.63) is 57.8 Å². The normalized spacial score (nSPS) is 10.7. The number of hydrazine groups is 1. The molecule has 1 heterocycles. The van der Waals surface area contributed by atoms with E-state index in [1.807, 2.05) is 0 Å². The van der Waals surface area contributed by atoms with Crippen LogP contribution in [0.4, 0.5) is 5.69 Å². The van der Waals surface area contributed by atoms with Crippen LogP contribution >= 0.6 is 0 Å². The van der Waals surface area contributed by atoms with Crippen molar-refractivity contribution in [3.63, 3.8) is 0 Å². The second kappa shape index (κ2) is 8.25. The van der Waals surface area contributed by atoms with Crippen LogP contribution in [0.15, 0.2) is 46.4 Å². The van der Waals surface area contributed by atoms with Crippen LogP contribution in [-0.2, 0) is 9.59 Å². The lowest BCUT2D eigenvalue weighted by Gasteiger charge is -2.04. The van der Waals surface area contributed by atoms with Crippen molar-refractivity contribution in [1.82, 2.24) is 10.9 Å². The molecule has 0 saturated carbocycles. The zero-order valence-electron chi connectivity index (χ0n) is 13.7. The van der Waals surface area contributed by atoms with Gasteiger partial charge in [0.05, 0.1) is 4.92 Å². The molecule has 0 aliphatic rings. The van der Waals surface area contributed by atoms with Crippen LogP contribution in [-0.4, -0.2) is 16.7 Å². The number of hydrogen-bond acceptors (Lipinski definition) is 6. The molecule has 0 fully saturated rings. The van der Waals surface area contributed by atoms with Gasteiger partial charge in [-0.05, 0) is 12.1 Å². The Morgan fingerprint density at radius 3 is 2.73 bits per heavy atom. The van der Waals surface area contributed by atoms with Gasteiger partial charge in [-0.25, -0.2) is 0 Å². The molecule has 26 heavy (non-hydrogen) atoms. The second-order valence-electron chi connectivity index (χ2n) is 5.04. The van der Waals surface area contributed by atoms with E-state index in [0.29, 0.717) is 11.3 Å². The van der Waals surface area contributed by atoms with Crippen LogP contribution < -0.4 is 10.9 Å². The van der Waals surface area contributed by atoms with Gasteiger partial charge in [0, 0.05) is 30.2 Å². The van der Waals surface area contributed by atoms with Gasteiger partial charge >= 0.3 is 0 Å². The molecule has 132 valence electrons. The van der Waals surface area contributed by atoms with E-state index >= 15 is 0 Å². The van der Waals surface area contributed by atoms with Gasteiger partial charge < -0.3 is 4.42 Å². The molecular weight excluding hydrogens is 340 g/mol. The largest absolute Gasteiger partial charge is 0.457 e. The van der Waals surface area contributed by atoms with E-state index in [0.717, 1.165) is 0 Å². The Morgan fingerprint density at radius 2 is 2.08 bits per heavy atom. The molecule has 1 aromatic carbocycles. The summed E-state index contributed by atoms with van der Waals surface area (Å²) in [6.07, 6.45) is 1.38. The minimum absolute atomic E-state index is 0.0836. The molecule has 0 aliphatic carbocycles. The van der Waals surface area contributed by atoms with E-state index in [-0.39, 0.29) is 23.4 Å². The second-order valence-corrected chi connectivity index (χ2v) is 5.04. The van der Waals surface area contributed by atoms with Gasteiger partial charge in [-0.1, -0.05) is 19.1 Å². The molecule has 1 aromatic heterocycles. The highest BCUT2D eigenvalue weighted by Gasteiger charge is 2.13. The van der Waals surface area contributed by atoms with E-state index in [1.165, 1.54) is 30.3 Å². The monoisotopic (exact) mass is 354 g/mol. The Labute approximate surface area is 148 Å². The predicted octanol–water partition coefficient (Wildman–Crippen LogP) is 2.32. The number of nitro groups is 1. The summed E-state index contributed by atoms with van der Waals surface area (Å²) in [5.41, 5.74) is 4.40. The van der Waals surface area contributed by atoms with Crippen LogP contribution in [0.3, 0.4) is 0 Å². The first-order chi connectivity index (χ1) is 12.4. The average molecular weight is 354 g/mol. The first-order valence-corrected chi connectivity index (χ1v) is 7.50. The fourth-order valence-corrected chi connectivity index (χ4v) is 1.93. The third-order valence-electron chi connectivity index (χ3n) is 3.26. The Morgan fingerprint density at radius 1 is 1.31 bits per heavy atom. The topological polar surface area (TPSA) is 138 Å². The van der Waals surface area contributed by atoms with Gasteiger partial charge in [0.2, 0.25) is 5.91 Å². The van der Waals surface area contributed by atoms with Crippen LogP contribution in [0, 0.1) is 21.4 Å². The van der Waals surface area contributed by atoms with Crippen LogP contribution in [0.5, 0.6) is 0 Å². The van der Waals surface area contributed by atoms with Gasteiger partial charge in [0.25, 0.3) is 11.6 Å². The van der Waals surface area contributed by atoms with Gasteiger partial charge in [0.15, 0.2) is 0 Å². The standard InChI is InChI=1S/C17H14N4O5/c1-2-16(22)19-20-17(23)12(10-18)9-14-6-7-15(26-14)11-4-3-5-13(8-11)21(24)25/h3-9H,2H2,1H3,(H,19,22)(H,20,23). The van der Waals surface area contributed by atoms with E-state index in [4.69, 9.17) is 9.68 Å². The molecule has 0 spiro atoms. The molecule has 0 saturated heterocycles. The molecule has 0 aliphatic heterocycles. The minimum Gasteiger partial charge on any atom is -0.457 e. The van der Waals surface area contributed by atoms with Crippen molar-refractivity contribution in [1.29, 1.82) is 5.26 Å². The molecule has 0 atom stereocenters. The first-order valence-electron chi connectivity index (χ1n) is 7.50. The lowest BCUT2D eigenvalue weighted by molar-refractivity contribution is -0.384. The zero-order chi connectivity index (χ0) is 19.1. The maximum Gasteiger partial charge on any atom is 0.280 e. The zero-order valence-corrected chi connectivity index (χ0v) is 13.7. The number of nitrogens with one attached hydrogen (secondary N) is 2. The summed E-state index contributed by atoms with van der Waals surface area (Å²) in [7, 11) is 0. The summed E-state index contributed by atoms with van der Waals surface area (Å²) in [4.78, 5) is 33.3. The highest BCUT2D eigenvalue weighted by molar-refractivity contribution is 6.02. The minimum atomic E-state index is -0.789. The smallest absolute Gasteiger partial charge is 0.280 e. The summed E-state index contributed by atoms with van der Waals surface area (Å²) < 4.78 is 5.52. The maximum absolute atomic E-state index is 11.9. The molecule has 0 radical (unpaired) electrons. The number of carbonyl (C=O) groups excluding carboxylic acids is 2. The Bertz CT molecular complexity index is 923. The fourth-order valence-electron chi connectivity index (χ4n) is 1.93. The number of nitrogens with zero attached hydrogens (tertiary/aromatic N) is 2. The van der Waals surface area contributed by atoms with E-state index < -0.39 is 16.7 Å². The summed E-state index contributed by atoms with van der Waals surface area (Å²) >= 11 is 0. The SMILES string of the molecule is CCC(=O)NNC(=O)C(C#N)=Cc1ccc(-c2cccc([N+](=O)[O-])c2)o1. The highest BCUT2D eigenvalue weighted by Crippen LogP contribution is 2.26.